The molecule has 0 atom stereocenters. The molecule has 1 aromatic heterocycles. The molecule has 0 aromatic carbocycles. The highest BCUT2D eigenvalue weighted by Gasteiger charge is 2.24. The van der Waals surface area contributed by atoms with Crippen LogP contribution < -0.4 is 10.6 Å². The zero-order valence-electron chi connectivity index (χ0n) is 14.1. The highest BCUT2D eigenvalue weighted by molar-refractivity contribution is 5.94. The maximum absolute atomic E-state index is 12.1. The molecule has 0 aliphatic carbocycles. The van der Waals surface area contributed by atoms with Crippen LogP contribution in [0.25, 0.3) is 0 Å². The van der Waals surface area contributed by atoms with Gasteiger partial charge >= 0.3 is 6.03 Å². The predicted molar refractivity (Wildman–Crippen MR) is 89.2 cm³/mol. The van der Waals surface area contributed by atoms with Gasteiger partial charge in [-0.15, -0.1) is 0 Å². The monoisotopic (exact) mass is 318 g/mol. The fraction of sp³-hybridized carbons (Fsp3) is 0.588. The van der Waals surface area contributed by atoms with Crippen molar-refractivity contribution < 1.29 is 9.59 Å². The lowest BCUT2D eigenvalue weighted by Crippen LogP contribution is -2.50. The van der Waals surface area contributed by atoms with Gasteiger partial charge in [-0.25, -0.2) is 4.79 Å². The summed E-state index contributed by atoms with van der Waals surface area (Å²) in [5.41, 5.74) is 0.692. The van der Waals surface area contributed by atoms with Crippen LogP contribution in [0.15, 0.2) is 24.5 Å². The van der Waals surface area contributed by atoms with Gasteiger partial charge in [-0.05, 0) is 30.4 Å². The molecule has 0 saturated carbocycles. The van der Waals surface area contributed by atoms with Crippen LogP contribution in [0.5, 0.6) is 0 Å². The lowest BCUT2D eigenvalue weighted by molar-refractivity contribution is 0.0917. The summed E-state index contributed by atoms with van der Waals surface area (Å²) >= 11 is 0. The van der Waals surface area contributed by atoms with Crippen LogP contribution in [0.4, 0.5) is 4.79 Å². The van der Waals surface area contributed by atoms with Gasteiger partial charge in [-0.2, -0.15) is 0 Å². The van der Waals surface area contributed by atoms with E-state index in [-0.39, 0.29) is 23.4 Å². The van der Waals surface area contributed by atoms with Crippen molar-refractivity contribution in [2.45, 2.75) is 39.7 Å². The Morgan fingerprint density at radius 3 is 2.39 bits per heavy atom. The fourth-order valence-electron chi connectivity index (χ4n) is 2.45. The number of rotatable bonds is 3. The van der Waals surface area contributed by atoms with Crippen molar-refractivity contribution in [3.05, 3.63) is 30.1 Å². The summed E-state index contributed by atoms with van der Waals surface area (Å²) in [5.74, 6) is -0.0805. The third-order valence-electron chi connectivity index (χ3n) is 3.83. The fourth-order valence-corrected chi connectivity index (χ4v) is 2.45. The number of carbonyl (C=O) groups excluding carboxylic acids is 2. The molecule has 0 spiro atoms. The molecule has 1 aliphatic rings. The first-order chi connectivity index (χ1) is 10.8. The van der Waals surface area contributed by atoms with Crippen molar-refractivity contribution in [1.29, 1.82) is 0 Å². The van der Waals surface area contributed by atoms with E-state index in [9.17, 15) is 9.59 Å². The van der Waals surface area contributed by atoms with Crippen LogP contribution in [-0.4, -0.2) is 47.5 Å². The first kappa shape index (κ1) is 17.2. The zero-order chi connectivity index (χ0) is 16.9. The molecule has 1 fully saturated rings. The number of urea groups is 1. The molecule has 2 N–H and O–H groups in total. The Bertz CT molecular complexity index is 531. The van der Waals surface area contributed by atoms with Crippen LogP contribution in [-0.2, 0) is 0 Å². The third-order valence-corrected chi connectivity index (χ3v) is 3.83. The van der Waals surface area contributed by atoms with Crippen LogP contribution in [0.2, 0.25) is 0 Å². The average Bonchev–Trinajstić information content (AvgIpc) is 2.53. The second-order valence-electron chi connectivity index (χ2n) is 7.19. The van der Waals surface area contributed by atoms with Gasteiger partial charge in [0.2, 0.25) is 0 Å². The van der Waals surface area contributed by atoms with Gasteiger partial charge < -0.3 is 15.5 Å². The first-order valence-corrected chi connectivity index (χ1v) is 8.09. The number of nitrogens with one attached hydrogen (secondary N) is 2. The van der Waals surface area contributed by atoms with Crippen LogP contribution >= 0.6 is 0 Å². The lowest BCUT2D eigenvalue weighted by atomic mass is 9.97. The number of hydrogen-bond acceptors (Lipinski definition) is 3. The van der Waals surface area contributed by atoms with Gasteiger partial charge in [-0.3, -0.25) is 9.78 Å². The normalized spacial score (nSPS) is 16.0. The first-order valence-electron chi connectivity index (χ1n) is 8.09. The maximum atomic E-state index is 12.1. The molecule has 1 saturated heterocycles. The minimum Gasteiger partial charge on any atom is -0.349 e. The summed E-state index contributed by atoms with van der Waals surface area (Å²) in [4.78, 5) is 30.0. The molecule has 0 unspecified atom stereocenters. The van der Waals surface area contributed by atoms with Gasteiger partial charge in [0.25, 0.3) is 5.91 Å². The molecule has 6 nitrogen and oxygen atoms in total. The summed E-state index contributed by atoms with van der Waals surface area (Å²) < 4.78 is 0. The summed E-state index contributed by atoms with van der Waals surface area (Å²) in [5, 5.41) is 5.99. The molecule has 23 heavy (non-hydrogen) atoms. The predicted octanol–water partition coefficient (Wildman–Crippen LogP) is 2.03. The smallest absolute Gasteiger partial charge is 0.317 e. The number of nitrogens with zero attached hydrogens (tertiary/aromatic N) is 2. The second kappa shape index (κ2) is 7.44. The van der Waals surface area contributed by atoms with E-state index >= 15 is 0 Å². The number of amides is 3. The quantitative estimate of drug-likeness (QED) is 0.895. The van der Waals surface area contributed by atoms with Crippen molar-refractivity contribution in [3.63, 3.8) is 0 Å². The zero-order valence-corrected chi connectivity index (χ0v) is 14.1. The van der Waals surface area contributed by atoms with Crippen molar-refractivity contribution in [2.75, 3.05) is 19.6 Å². The Morgan fingerprint density at radius 2 is 1.83 bits per heavy atom. The summed E-state index contributed by atoms with van der Waals surface area (Å²) in [6, 6.07) is 3.50. The van der Waals surface area contributed by atoms with Crippen LogP contribution in [0.3, 0.4) is 0 Å². The number of piperidine rings is 1. The van der Waals surface area contributed by atoms with E-state index in [1.165, 1.54) is 0 Å². The molecule has 126 valence electrons. The lowest BCUT2D eigenvalue weighted by Gasteiger charge is -2.33. The van der Waals surface area contributed by atoms with E-state index in [2.05, 4.69) is 36.4 Å². The van der Waals surface area contributed by atoms with E-state index in [1.807, 2.05) is 4.90 Å². The topological polar surface area (TPSA) is 74.3 Å². The summed E-state index contributed by atoms with van der Waals surface area (Å²) in [6.07, 6.45) is 4.77. The van der Waals surface area contributed by atoms with Gasteiger partial charge in [0, 0.05) is 43.6 Å². The van der Waals surface area contributed by atoms with Crippen LogP contribution in [0, 0.1) is 5.41 Å². The number of pyridine rings is 1. The molecular weight excluding hydrogens is 292 g/mol. The maximum Gasteiger partial charge on any atom is 0.317 e. The van der Waals surface area contributed by atoms with E-state index in [4.69, 9.17) is 0 Å². The highest BCUT2D eigenvalue weighted by Crippen LogP contribution is 2.13. The highest BCUT2D eigenvalue weighted by atomic mass is 16.2. The number of hydrogen-bond donors (Lipinski definition) is 2. The molecule has 2 rings (SSSR count). The molecule has 2 heterocycles. The van der Waals surface area contributed by atoms with Gasteiger partial charge in [0.05, 0.1) is 0 Å². The average molecular weight is 318 g/mol. The van der Waals surface area contributed by atoms with Crippen molar-refractivity contribution in [3.8, 4) is 0 Å². The van der Waals surface area contributed by atoms with Gasteiger partial charge in [0.15, 0.2) is 0 Å². The standard InChI is InChI=1S/C17H26N4O2/c1-17(2,3)12-19-16(23)21-10-6-14(7-11-21)20-15(22)13-4-8-18-9-5-13/h4-5,8-9,14H,6-7,10-12H2,1-3H3,(H,19,23)(H,20,22). The largest absolute Gasteiger partial charge is 0.349 e. The summed E-state index contributed by atoms with van der Waals surface area (Å²) in [6.45, 7) is 8.26. The Hall–Kier alpha value is -2.11. The van der Waals surface area contributed by atoms with Gasteiger partial charge in [0.1, 0.15) is 0 Å². The Balaban J connectivity index is 1.75. The number of carbonyl (C=O) groups is 2. The molecule has 1 aromatic rings. The Morgan fingerprint density at radius 1 is 1.22 bits per heavy atom. The molecule has 6 heteroatoms. The van der Waals surface area contributed by atoms with E-state index < -0.39 is 0 Å². The number of likely N-dealkylation sites (tertiary alicyclic amines) is 1. The Kier molecular flexibility index (Phi) is 5.58. The van der Waals surface area contributed by atoms with Crippen LogP contribution in [0.1, 0.15) is 44.0 Å². The third kappa shape index (κ3) is 5.54. The van der Waals surface area contributed by atoms with E-state index in [0.29, 0.717) is 25.2 Å². The SMILES string of the molecule is CC(C)(C)CNC(=O)N1CCC(NC(=O)c2ccncc2)CC1. The molecule has 0 radical (unpaired) electrons. The van der Waals surface area contributed by atoms with Crippen molar-refractivity contribution >= 4 is 11.9 Å². The van der Waals surface area contributed by atoms with Gasteiger partial charge in [-0.1, -0.05) is 20.8 Å². The van der Waals surface area contributed by atoms with Crippen molar-refractivity contribution in [1.82, 2.24) is 20.5 Å². The van der Waals surface area contributed by atoms with Crippen molar-refractivity contribution in [2.24, 2.45) is 5.41 Å². The molecule has 1 aliphatic heterocycles. The second-order valence-corrected chi connectivity index (χ2v) is 7.19. The number of aromatic nitrogens is 1. The molecule has 0 bridgehead atoms. The minimum atomic E-state index is -0.0805. The molecule has 3 amide bonds. The Labute approximate surface area is 137 Å². The van der Waals surface area contributed by atoms with E-state index in [1.54, 1.807) is 24.5 Å². The van der Waals surface area contributed by atoms with E-state index in [0.717, 1.165) is 12.8 Å². The summed E-state index contributed by atoms with van der Waals surface area (Å²) in [7, 11) is 0. The minimum absolute atomic E-state index is 0.0150. The molecular formula is C17H26N4O2.